The molecule has 8 heteroatoms. The standard InChI is InChI=1S/C10H12ClN3O3S/c1-6(18-2)5-13-10(15)7-3-4-12-9(11)8(7)14(16)17/h3-4,6H,5H2,1-2H3,(H,13,15). The Balaban J connectivity index is 2.92. The summed E-state index contributed by atoms with van der Waals surface area (Å²) in [4.78, 5) is 25.6. The molecule has 0 aliphatic heterocycles. The van der Waals surface area contributed by atoms with Gasteiger partial charge in [-0.25, -0.2) is 4.98 Å². The van der Waals surface area contributed by atoms with Crippen molar-refractivity contribution in [1.29, 1.82) is 0 Å². The number of nitrogens with one attached hydrogen (secondary N) is 1. The van der Waals surface area contributed by atoms with Crippen molar-refractivity contribution >= 4 is 35.0 Å². The first kappa shape index (κ1) is 14.7. The van der Waals surface area contributed by atoms with Crippen LogP contribution in [0.2, 0.25) is 5.15 Å². The van der Waals surface area contributed by atoms with Crippen molar-refractivity contribution in [2.45, 2.75) is 12.2 Å². The molecule has 1 heterocycles. The zero-order valence-electron chi connectivity index (χ0n) is 9.84. The Morgan fingerprint density at radius 2 is 2.39 bits per heavy atom. The minimum Gasteiger partial charge on any atom is -0.351 e. The Morgan fingerprint density at radius 1 is 1.72 bits per heavy atom. The average Bonchev–Trinajstić information content (AvgIpc) is 2.34. The quantitative estimate of drug-likeness (QED) is 0.510. The summed E-state index contributed by atoms with van der Waals surface area (Å²) in [6, 6.07) is 1.28. The molecule has 0 bridgehead atoms. The molecule has 1 aromatic heterocycles. The van der Waals surface area contributed by atoms with Crippen LogP contribution in [0.3, 0.4) is 0 Å². The molecule has 1 amide bonds. The Hall–Kier alpha value is -1.34. The molecule has 1 atom stereocenters. The summed E-state index contributed by atoms with van der Waals surface area (Å²) in [5.41, 5.74) is -0.540. The Bertz CT molecular complexity index is 470. The van der Waals surface area contributed by atoms with Crippen LogP contribution in [0, 0.1) is 10.1 Å². The average molecular weight is 290 g/mol. The van der Waals surface area contributed by atoms with Gasteiger partial charge in [0.05, 0.1) is 4.92 Å². The lowest BCUT2D eigenvalue weighted by Crippen LogP contribution is -2.29. The van der Waals surface area contributed by atoms with Crippen molar-refractivity contribution in [3.8, 4) is 0 Å². The van der Waals surface area contributed by atoms with E-state index in [4.69, 9.17) is 11.6 Å². The van der Waals surface area contributed by atoms with Gasteiger partial charge in [-0.1, -0.05) is 18.5 Å². The molecule has 0 fully saturated rings. The van der Waals surface area contributed by atoms with Gasteiger partial charge in [0.15, 0.2) is 0 Å². The van der Waals surface area contributed by atoms with E-state index in [0.29, 0.717) is 6.54 Å². The van der Waals surface area contributed by atoms with Crippen molar-refractivity contribution < 1.29 is 9.72 Å². The van der Waals surface area contributed by atoms with Crippen molar-refractivity contribution in [2.24, 2.45) is 0 Å². The minimum atomic E-state index is -0.706. The van der Waals surface area contributed by atoms with Crippen LogP contribution in [0.25, 0.3) is 0 Å². The first-order chi connectivity index (χ1) is 8.47. The van der Waals surface area contributed by atoms with E-state index in [1.165, 1.54) is 12.3 Å². The zero-order valence-corrected chi connectivity index (χ0v) is 11.4. The van der Waals surface area contributed by atoms with Gasteiger partial charge in [0.2, 0.25) is 5.15 Å². The molecule has 1 N–H and O–H groups in total. The molecule has 0 saturated carbocycles. The molecule has 0 aromatic carbocycles. The summed E-state index contributed by atoms with van der Waals surface area (Å²) in [5.74, 6) is -0.521. The molecular formula is C10H12ClN3O3S. The molecule has 1 aromatic rings. The highest BCUT2D eigenvalue weighted by Crippen LogP contribution is 2.25. The van der Waals surface area contributed by atoms with E-state index in [0.717, 1.165) is 0 Å². The molecule has 0 spiro atoms. The van der Waals surface area contributed by atoms with Gasteiger partial charge in [0.25, 0.3) is 5.91 Å². The fourth-order valence-electron chi connectivity index (χ4n) is 1.20. The van der Waals surface area contributed by atoms with Gasteiger partial charge in [0, 0.05) is 18.0 Å². The van der Waals surface area contributed by atoms with Gasteiger partial charge < -0.3 is 5.32 Å². The monoisotopic (exact) mass is 289 g/mol. The second-order valence-corrected chi connectivity index (χ2v) is 5.15. The zero-order chi connectivity index (χ0) is 13.7. The number of aromatic nitrogens is 1. The third-order valence-electron chi connectivity index (χ3n) is 2.26. The number of hydrogen-bond donors (Lipinski definition) is 1. The van der Waals surface area contributed by atoms with E-state index in [9.17, 15) is 14.9 Å². The van der Waals surface area contributed by atoms with Crippen molar-refractivity contribution in [3.05, 3.63) is 33.1 Å². The van der Waals surface area contributed by atoms with Crippen molar-refractivity contribution in [3.63, 3.8) is 0 Å². The first-order valence-electron chi connectivity index (χ1n) is 5.07. The van der Waals surface area contributed by atoms with Crippen LogP contribution in [0.4, 0.5) is 5.69 Å². The van der Waals surface area contributed by atoms with E-state index in [-0.39, 0.29) is 16.0 Å². The summed E-state index contributed by atoms with van der Waals surface area (Å²) in [5, 5.41) is 13.4. The molecule has 98 valence electrons. The summed E-state index contributed by atoms with van der Waals surface area (Å²) < 4.78 is 0. The maximum Gasteiger partial charge on any atom is 0.319 e. The van der Waals surface area contributed by atoms with Crippen LogP contribution in [0.15, 0.2) is 12.3 Å². The van der Waals surface area contributed by atoms with Gasteiger partial charge >= 0.3 is 5.69 Å². The molecule has 6 nitrogen and oxygen atoms in total. The topological polar surface area (TPSA) is 85.1 Å². The van der Waals surface area contributed by atoms with Crippen LogP contribution in [0.5, 0.6) is 0 Å². The number of pyridine rings is 1. The predicted molar refractivity (Wildman–Crippen MR) is 71.2 cm³/mol. The van der Waals surface area contributed by atoms with Crippen LogP contribution in [-0.2, 0) is 0 Å². The highest BCUT2D eigenvalue weighted by Gasteiger charge is 2.24. The van der Waals surface area contributed by atoms with E-state index >= 15 is 0 Å². The van der Waals surface area contributed by atoms with Gasteiger partial charge in [-0.15, -0.1) is 0 Å². The number of nitro groups is 1. The lowest BCUT2D eigenvalue weighted by molar-refractivity contribution is -0.385. The smallest absolute Gasteiger partial charge is 0.319 e. The lowest BCUT2D eigenvalue weighted by Gasteiger charge is -2.10. The van der Waals surface area contributed by atoms with Crippen LogP contribution in [0.1, 0.15) is 17.3 Å². The third-order valence-corrected chi connectivity index (χ3v) is 3.51. The van der Waals surface area contributed by atoms with Crippen molar-refractivity contribution in [1.82, 2.24) is 10.3 Å². The van der Waals surface area contributed by atoms with Gasteiger partial charge in [-0.3, -0.25) is 14.9 Å². The number of rotatable bonds is 5. The largest absolute Gasteiger partial charge is 0.351 e. The van der Waals surface area contributed by atoms with Crippen LogP contribution in [-0.4, -0.2) is 33.9 Å². The van der Waals surface area contributed by atoms with Crippen LogP contribution < -0.4 is 5.32 Å². The van der Waals surface area contributed by atoms with Gasteiger partial charge in [0.1, 0.15) is 5.56 Å². The molecule has 0 aliphatic carbocycles. The highest BCUT2D eigenvalue weighted by molar-refractivity contribution is 7.99. The predicted octanol–water partition coefficient (Wildman–Crippen LogP) is 2.12. The SMILES string of the molecule is CSC(C)CNC(=O)c1ccnc(Cl)c1[N+](=O)[O-]. The van der Waals surface area contributed by atoms with Gasteiger partial charge in [-0.05, 0) is 12.3 Å². The first-order valence-corrected chi connectivity index (χ1v) is 6.73. The maximum absolute atomic E-state index is 11.8. The van der Waals surface area contributed by atoms with E-state index in [2.05, 4.69) is 10.3 Å². The molecule has 1 rings (SSSR count). The van der Waals surface area contributed by atoms with Crippen molar-refractivity contribution in [2.75, 3.05) is 12.8 Å². The van der Waals surface area contributed by atoms with Gasteiger partial charge in [-0.2, -0.15) is 11.8 Å². The third kappa shape index (κ3) is 3.58. The number of carbonyl (C=O) groups excluding carboxylic acids is 1. The Morgan fingerprint density at radius 3 is 2.94 bits per heavy atom. The van der Waals surface area contributed by atoms with E-state index in [1.807, 2.05) is 13.2 Å². The lowest BCUT2D eigenvalue weighted by atomic mass is 10.2. The maximum atomic E-state index is 11.8. The Kier molecular flexibility index (Phi) is 5.36. The molecule has 0 radical (unpaired) electrons. The molecule has 1 unspecified atom stereocenters. The molecule has 18 heavy (non-hydrogen) atoms. The number of thioether (sulfide) groups is 1. The normalized spacial score (nSPS) is 11.9. The Labute approximate surface area is 113 Å². The number of amides is 1. The number of hydrogen-bond acceptors (Lipinski definition) is 5. The summed E-state index contributed by atoms with van der Waals surface area (Å²) in [7, 11) is 0. The molecule has 0 saturated heterocycles. The molecule has 0 aliphatic rings. The second-order valence-electron chi connectivity index (χ2n) is 3.51. The second kappa shape index (κ2) is 6.55. The minimum absolute atomic E-state index is 0.0756. The van der Waals surface area contributed by atoms with Crippen LogP contribution >= 0.6 is 23.4 Å². The summed E-state index contributed by atoms with van der Waals surface area (Å²) >= 11 is 7.21. The summed E-state index contributed by atoms with van der Waals surface area (Å²) in [6.45, 7) is 2.37. The van der Waals surface area contributed by atoms with E-state index in [1.54, 1.807) is 11.8 Å². The number of nitrogens with zero attached hydrogens (tertiary/aromatic N) is 2. The number of halogens is 1. The van der Waals surface area contributed by atoms with E-state index < -0.39 is 16.5 Å². The number of carbonyl (C=O) groups is 1. The molecular weight excluding hydrogens is 278 g/mol. The fraction of sp³-hybridized carbons (Fsp3) is 0.400. The highest BCUT2D eigenvalue weighted by atomic mass is 35.5. The summed E-state index contributed by atoms with van der Waals surface area (Å²) in [6.07, 6.45) is 3.19. The fourth-order valence-corrected chi connectivity index (χ4v) is 1.68.